The molecule has 2 saturated carbocycles. The summed E-state index contributed by atoms with van der Waals surface area (Å²) in [5.41, 5.74) is 3.09. The number of hydrogen-bond acceptors (Lipinski definition) is 10. The molecule has 14 heteroatoms. The zero-order valence-corrected chi connectivity index (χ0v) is 23.8. The van der Waals surface area contributed by atoms with Crippen molar-refractivity contribution in [2.24, 2.45) is 5.92 Å². The molecule has 3 fully saturated rings. The smallest absolute Gasteiger partial charge is 0.332 e. The number of amides is 4. The number of hydroxylamine groups is 1. The number of nitrogens with zero attached hydrogens (tertiary/aromatic N) is 9. The number of urea groups is 1. The lowest BCUT2D eigenvalue weighted by molar-refractivity contribution is -0.124. The number of likely N-dealkylation sites (N-methyl/N-ethyl adjacent to an activating group) is 1. The van der Waals surface area contributed by atoms with Gasteiger partial charge in [-0.15, -0.1) is 0 Å². The van der Waals surface area contributed by atoms with Crippen LogP contribution in [0.15, 0.2) is 42.9 Å². The van der Waals surface area contributed by atoms with Crippen LogP contribution in [0.2, 0.25) is 0 Å². The van der Waals surface area contributed by atoms with E-state index in [0.717, 1.165) is 34.5 Å². The summed E-state index contributed by atoms with van der Waals surface area (Å²) in [6.07, 6.45) is 5.67. The van der Waals surface area contributed by atoms with Gasteiger partial charge in [-0.2, -0.15) is 5.10 Å². The number of carbonyl (C=O) groups is 3. The predicted molar refractivity (Wildman–Crippen MR) is 155 cm³/mol. The fraction of sp³-hybridized carbons (Fsp3) is 0.379. The average Bonchev–Trinajstić information content (AvgIpc) is 3.93. The molecule has 220 valence electrons. The van der Waals surface area contributed by atoms with E-state index in [0.29, 0.717) is 34.7 Å². The molecule has 2 aliphatic carbocycles. The van der Waals surface area contributed by atoms with Crippen molar-refractivity contribution >= 4 is 40.8 Å². The van der Waals surface area contributed by atoms with Gasteiger partial charge in [-0.1, -0.05) is 0 Å². The van der Waals surface area contributed by atoms with Crippen molar-refractivity contribution in [2.45, 2.75) is 51.0 Å². The minimum Gasteiger partial charge on any atom is -0.757 e. The Balaban J connectivity index is 1.11. The fourth-order valence-corrected chi connectivity index (χ4v) is 5.44. The number of imide groups is 1. The fourth-order valence-electron chi connectivity index (χ4n) is 5.44. The predicted octanol–water partition coefficient (Wildman–Crippen LogP) is 3.31. The first kappa shape index (κ1) is 26.9. The second-order valence-corrected chi connectivity index (χ2v) is 11.4. The van der Waals surface area contributed by atoms with Gasteiger partial charge in [0.15, 0.2) is 0 Å². The maximum absolute atomic E-state index is 13.5. The summed E-state index contributed by atoms with van der Waals surface area (Å²) in [5, 5.41) is 21.6. The number of rotatable bonds is 8. The molecule has 3 atom stereocenters. The first-order valence-corrected chi connectivity index (χ1v) is 14.2. The number of carbonyl (C=O) groups excluding carboxylic acids is 3. The van der Waals surface area contributed by atoms with Crippen LogP contribution in [0, 0.1) is 18.0 Å². The van der Waals surface area contributed by atoms with Gasteiger partial charge in [0.2, 0.25) is 5.91 Å². The highest BCUT2D eigenvalue weighted by atomic mass is 16.5. The van der Waals surface area contributed by atoms with Gasteiger partial charge in [0.25, 0.3) is 5.91 Å². The van der Waals surface area contributed by atoms with Crippen molar-refractivity contribution in [3.8, 4) is 0 Å². The van der Waals surface area contributed by atoms with E-state index >= 15 is 0 Å². The summed E-state index contributed by atoms with van der Waals surface area (Å²) in [6, 6.07) is 7.78. The monoisotopic (exact) mass is 581 g/mol. The van der Waals surface area contributed by atoms with E-state index in [9.17, 15) is 19.6 Å². The van der Waals surface area contributed by atoms with Crippen molar-refractivity contribution < 1.29 is 14.4 Å². The van der Waals surface area contributed by atoms with E-state index in [2.05, 4.69) is 30.4 Å². The lowest BCUT2D eigenvalue weighted by atomic mass is 10.1. The quantitative estimate of drug-likeness (QED) is 0.241. The zero-order chi connectivity index (χ0) is 30.0. The van der Waals surface area contributed by atoms with E-state index in [1.807, 2.05) is 31.2 Å². The van der Waals surface area contributed by atoms with Crippen molar-refractivity contribution in [2.75, 3.05) is 28.9 Å². The second-order valence-electron chi connectivity index (χ2n) is 11.4. The van der Waals surface area contributed by atoms with E-state index in [4.69, 9.17) is 0 Å². The summed E-state index contributed by atoms with van der Waals surface area (Å²) in [5.74, 6) is 0.970. The van der Waals surface area contributed by atoms with E-state index in [1.54, 1.807) is 17.6 Å². The molecule has 1 saturated heterocycles. The van der Waals surface area contributed by atoms with Gasteiger partial charge >= 0.3 is 6.03 Å². The van der Waals surface area contributed by atoms with Crippen LogP contribution in [0.1, 0.15) is 66.8 Å². The van der Waals surface area contributed by atoms with Crippen molar-refractivity contribution in [3.05, 3.63) is 70.8 Å². The van der Waals surface area contributed by atoms with Gasteiger partial charge < -0.3 is 15.6 Å². The number of anilines is 3. The van der Waals surface area contributed by atoms with Gasteiger partial charge in [0.1, 0.15) is 36.2 Å². The first-order chi connectivity index (χ1) is 20.7. The SMILES string of the molecule is Cc1ccnc([C@H]2C[C@@H]2C(=O)Nc2cc(N([O-])[C@H](C)c3cc4cc(C5CC5)cc(N5CC(=O)N(C)C5=O)n4n3)ncn2)n1. The van der Waals surface area contributed by atoms with Crippen molar-refractivity contribution in [3.63, 3.8) is 0 Å². The highest BCUT2D eigenvalue weighted by molar-refractivity contribution is 6.11. The van der Waals surface area contributed by atoms with Gasteiger partial charge in [-0.25, -0.2) is 29.2 Å². The first-order valence-electron chi connectivity index (χ1n) is 14.2. The van der Waals surface area contributed by atoms with E-state index in [1.165, 1.54) is 24.3 Å². The average molecular weight is 582 g/mol. The summed E-state index contributed by atoms with van der Waals surface area (Å²) in [7, 11) is 1.46. The van der Waals surface area contributed by atoms with Crippen LogP contribution in [0.3, 0.4) is 0 Å². The summed E-state index contributed by atoms with van der Waals surface area (Å²) in [4.78, 5) is 57.4. The lowest BCUT2D eigenvalue weighted by Gasteiger charge is -2.34. The van der Waals surface area contributed by atoms with E-state index < -0.39 is 12.1 Å². The topological polar surface area (TPSA) is 165 Å². The van der Waals surface area contributed by atoms with Gasteiger partial charge in [0, 0.05) is 36.8 Å². The minimum absolute atomic E-state index is 0.0491. The molecule has 14 nitrogen and oxygen atoms in total. The minimum atomic E-state index is -0.763. The number of aromatic nitrogens is 6. The molecule has 0 bridgehead atoms. The van der Waals surface area contributed by atoms with Crippen LogP contribution < -0.4 is 15.3 Å². The van der Waals surface area contributed by atoms with Crippen molar-refractivity contribution in [1.29, 1.82) is 0 Å². The Labute approximate surface area is 246 Å². The molecule has 0 radical (unpaired) electrons. The molecule has 43 heavy (non-hydrogen) atoms. The Hall–Kier alpha value is -4.98. The molecule has 7 rings (SSSR count). The van der Waals surface area contributed by atoms with Gasteiger partial charge in [0.05, 0.1) is 17.3 Å². The summed E-state index contributed by atoms with van der Waals surface area (Å²) < 4.78 is 1.60. The van der Waals surface area contributed by atoms with Crippen LogP contribution in [0.25, 0.3) is 5.52 Å². The van der Waals surface area contributed by atoms with Gasteiger partial charge in [-0.3, -0.25) is 19.4 Å². The number of pyridine rings is 1. The van der Waals surface area contributed by atoms with Crippen LogP contribution in [-0.4, -0.2) is 65.9 Å². The van der Waals surface area contributed by atoms with Crippen LogP contribution in [0.4, 0.5) is 22.2 Å². The number of hydrogen-bond donors (Lipinski definition) is 1. The molecule has 0 aromatic carbocycles. The zero-order valence-electron chi connectivity index (χ0n) is 23.8. The third kappa shape index (κ3) is 4.92. The maximum atomic E-state index is 13.5. The normalized spacial score (nSPS) is 20.6. The maximum Gasteiger partial charge on any atom is 0.332 e. The van der Waals surface area contributed by atoms with Gasteiger partial charge in [-0.05, 0) is 68.9 Å². The molecule has 0 spiro atoms. The third-order valence-electron chi connectivity index (χ3n) is 8.28. The third-order valence-corrected chi connectivity index (χ3v) is 8.28. The molecule has 4 amide bonds. The highest BCUT2D eigenvalue weighted by Gasteiger charge is 2.46. The number of fused-ring (bicyclic) bond motifs is 1. The molecule has 5 heterocycles. The largest absolute Gasteiger partial charge is 0.757 e. The van der Waals surface area contributed by atoms with Crippen LogP contribution in [-0.2, 0) is 9.59 Å². The van der Waals surface area contributed by atoms with E-state index in [-0.39, 0.29) is 41.8 Å². The second kappa shape index (κ2) is 10.1. The molecule has 3 aliphatic rings. The highest BCUT2D eigenvalue weighted by Crippen LogP contribution is 2.46. The molecule has 1 aliphatic heterocycles. The Morgan fingerprint density at radius 2 is 1.95 bits per heavy atom. The van der Waals surface area contributed by atoms with Crippen LogP contribution >= 0.6 is 0 Å². The Bertz CT molecular complexity index is 1790. The Kier molecular flexibility index (Phi) is 6.31. The summed E-state index contributed by atoms with van der Waals surface area (Å²) >= 11 is 0. The lowest BCUT2D eigenvalue weighted by Crippen LogP contribution is -2.31. The molecular weight excluding hydrogens is 552 g/mol. The number of aryl methyl sites for hydroxylation is 1. The molecule has 0 unspecified atom stereocenters. The molecule has 4 aromatic heterocycles. The summed E-state index contributed by atoms with van der Waals surface area (Å²) in [6.45, 7) is 3.50. The molecular formula is C29H29N10O4-. The molecule has 1 N–H and O–H groups in total. The van der Waals surface area contributed by atoms with Crippen molar-refractivity contribution in [1.82, 2.24) is 34.4 Å². The van der Waals surface area contributed by atoms with Crippen LogP contribution in [0.5, 0.6) is 0 Å². The standard InChI is InChI=1S/C29H29N10O4/c1-15-6-7-30-27(33-15)20-11-21(20)28(41)34-23-12-24(32-14-31-23)39(43)16(2)22-10-19-8-18(17-4-5-17)9-25(38(19)35-22)37-13-26(40)36(3)29(37)42/h6-10,12,14,16-17,20-21H,4-5,11,13H2,1-3H3,(H,31,32,34,41)/q-1/t16-,20+,21+/m1/s1. The molecule has 4 aromatic rings. The Morgan fingerprint density at radius 1 is 1.14 bits per heavy atom. The Morgan fingerprint density at radius 3 is 2.67 bits per heavy atom. The number of nitrogens with one attached hydrogen (secondary N) is 1.